The summed E-state index contributed by atoms with van der Waals surface area (Å²) in [5.41, 5.74) is 1.60. The van der Waals surface area contributed by atoms with E-state index >= 15 is 0 Å². The molecule has 3 nitrogen and oxygen atoms in total. The van der Waals surface area contributed by atoms with Crippen molar-refractivity contribution in [1.82, 2.24) is 5.32 Å². The molecule has 0 aromatic heterocycles. The average molecular weight is 325 g/mol. The summed E-state index contributed by atoms with van der Waals surface area (Å²) in [4.78, 5) is 0. The van der Waals surface area contributed by atoms with E-state index in [0.29, 0.717) is 24.4 Å². The highest BCUT2D eigenvalue weighted by molar-refractivity contribution is 5.38. The second-order valence-corrected chi connectivity index (χ2v) is 4.92. The summed E-state index contributed by atoms with van der Waals surface area (Å²) < 4.78 is 46.9. The lowest BCUT2D eigenvalue weighted by atomic mass is 10.2. The minimum absolute atomic E-state index is 0.275. The fourth-order valence-electron chi connectivity index (χ4n) is 2.02. The average Bonchev–Trinajstić information content (AvgIpc) is 2.50. The van der Waals surface area contributed by atoms with Crippen molar-refractivity contribution in [3.8, 4) is 11.5 Å². The first-order valence-corrected chi connectivity index (χ1v) is 7.23. The Morgan fingerprint density at radius 3 is 2.30 bits per heavy atom. The minimum atomic E-state index is -4.73. The summed E-state index contributed by atoms with van der Waals surface area (Å²) in [6, 6.07) is 13.7. The van der Waals surface area contributed by atoms with Gasteiger partial charge >= 0.3 is 6.36 Å². The van der Waals surface area contributed by atoms with Gasteiger partial charge in [0.2, 0.25) is 0 Å². The molecule has 0 aliphatic heterocycles. The highest BCUT2D eigenvalue weighted by Gasteiger charge is 2.31. The molecule has 0 atom stereocenters. The van der Waals surface area contributed by atoms with Crippen LogP contribution in [0.15, 0.2) is 48.5 Å². The van der Waals surface area contributed by atoms with E-state index in [1.807, 2.05) is 37.3 Å². The molecule has 0 heterocycles. The molecule has 2 rings (SSSR count). The lowest BCUT2D eigenvalue weighted by molar-refractivity contribution is -0.274. The van der Waals surface area contributed by atoms with Crippen LogP contribution in [-0.4, -0.2) is 12.9 Å². The number of hydrogen-bond acceptors (Lipinski definition) is 3. The van der Waals surface area contributed by atoms with Crippen LogP contribution in [0.5, 0.6) is 11.5 Å². The van der Waals surface area contributed by atoms with Gasteiger partial charge in [-0.3, -0.25) is 0 Å². The van der Waals surface area contributed by atoms with E-state index in [4.69, 9.17) is 4.74 Å². The van der Waals surface area contributed by atoms with E-state index < -0.39 is 6.36 Å². The standard InChI is InChI=1S/C17H18F3NO2/c1-2-21-11-14-8-15(10-16(9-14)23-17(18,19)20)22-12-13-6-4-3-5-7-13/h3-10,21H,2,11-12H2,1H3. The molecule has 0 radical (unpaired) electrons. The van der Waals surface area contributed by atoms with Crippen molar-refractivity contribution in [1.29, 1.82) is 0 Å². The second kappa shape index (κ2) is 7.87. The monoisotopic (exact) mass is 325 g/mol. The summed E-state index contributed by atoms with van der Waals surface area (Å²) in [6.07, 6.45) is -4.73. The van der Waals surface area contributed by atoms with Crippen LogP contribution in [0.2, 0.25) is 0 Å². The third-order valence-electron chi connectivity index (χ3n) is 3.00. The highest BCUT2D eigenvalue weighted by atomic mass is 19.4. The second-order valence-electron chi connectivity index (χ2n) is 4.92. The van der Waals surface area contributed by atoms with Gasteiger partial charge in [0, 0.05) is 12.6 Å². The van der Waals surface area contributed by atoms with Gasteiger partial charge in [-0.1, -0.05) is 37.3 Å². The largest absolute Gasteiger partial charge is 0.573 e. The molecular formula is C17H18F3NO2. The molecule has 0 amide bonds. The quantitative estimate of drug-likeness (QED) is 0.824. The zero-order chi connectivity index (χ0) is 16.7. The van der Waals surface area contributed by atoms with E-state index in [2.05, 4.69) is 10.1 Å². The first-order valence-electron chi connectivity index (χ1n) is 7.23. The molecule has 0 aliphatic rings. The van der Waals surface area contributed by atoms with Crippen molar-refractivity contribution >= 4 is 0 Å². The van der Waals surface area contributed by atoms with Crippen LogP contribution < -0.4 is 14.8 Å². The van der Waals surface area contributed by atoms with Crippen molar-refractivity contribution in [3.63, 3.8) is 0 Å². The van der Waals surface area contributed by atoms with Gasteiger partial charge in [-0.2, -0.15) is 0 Å². The molecular weight excluding hydrogens is 307 g/mol. The number of nitrogens with one attached hydrogen (secondary N) is 1. The van der Waals surface area contributed by atoms with Crippen LogP contribution in [0.25, 0.3) is 0 Å². The number of halogens is 3. The summed E-state index contributed by atoms with van der Waals surface area (Å²) in [5, 5.41) is 3.06. The molecule has 6 heteroatoms. The molecule has 0 unspecified atom stereocenters. The Balaban J connectivity index is 2.14. The molecule has 0 saturated carbocycles. The van der Waals surface area contributed by atoms with Crippen molar-refractivity contribution in [2.45, 2.75) is 26.4 Å². The molecule has 0 fully saturated rings. The van der Waals surface area contributed by atoms with Gasteiger partial charge < -0.3 is 14.8 Å². The lowest BCUT2D eigenvalue weighted by Gasteiger charge is -2.14. The van der Waals surface area contributed by atoms with Crippen molar-refractivity contribution < 1.29 is 22.6 Å². The highest BCUT2D eigenvalue weighted by Crippen LogP contribution is 2.28. The lowest BCUT2D eigenvalue weighted by Crippen LogP contribution is -2.18. The van der Waals surface area contributed by atoms with Gasteiger partial charge in [-0.15, -0.1) is 13.2 Å². The fourth-order valence-corrected chi connectivity index (χ4v) is 2.02. The zero-order valence-corrected chi connectivity index (χ0v) is 12.7. The van der Waals surface area contributed by atoms with E-state index in [1.54, 1.807) is 6.07 Å². The predicted octanol–water partition coefficient (Wildman–Crippen LogP) is 4.27. The Bertz CT molecular complexity index is 615. The van der Waals surface area contributed by atoms with Crippen molar-refractivity contribution in [2.75, 3.05) is 6.54 Å². The summed E-state index contributed by atoms with van der Waals surface area (Å²) in [5.74, 6) is 0.0551. The molecule has 0 spiro atoms. The number of hydrogen-bond donors (Lipinski definition) is 1. The van der Waals surface area contributed by atoms with Gasteiger partial charge in [-0.05, 0) is 29.8 Å². The Morgan fingerprint density at radius 1 is 0.957 bits per heavy atom. The fraction of sp³-hybridized carbons (Fsp3) is 0.294. The first kappa shape index (κ1) is 17.1. The zero-order valence-electron chi connectivity index (χ0n) is 12.7. The number of rotatable bonds is 7. The van der Waals surface area contributed by atoms with E-state index in [9.17, 15) is 13.2 Å². The van der Waals surface area contributed by atoms with Crippen LogP contribution in [0.4, 0.5) is 13.2 Å². The van der Waals surface area contributed by atoms with Gasteiger partial charge in [0.05, 0.1) is 0 Å². The van der Waals surface area contributed by atoms with E-state index in [1.165, 1.54) is 12.1 Å². The van der Waals surface area contributed by atoms with E-state index in [-0.39, 0.29) is 12.4 Å². The minimum Gasteiger partial charge on any atom is -0.489 e. The van der Waals surface area contributed by atoms with Crippen molar-refractivity contribution in [2.24, 2.45) is 0 Å². The Kier molecular flexibility index (Phi) is 5.87. The van der Waals surface area contributed by atoms with Crippen LogP contribution in [-0.2, 0) is 13.2 Å². The van der Waals surface area contributed by atoms with Crippen LogP contribution in [0.3, 0.4) is 0 Å². The SMILES string of the molecule is CCNCc1cc(OCc2ccccc2)cc(OC(F)(F)F)c1. The summed E-state index contributed by atoms with van der Waals surface area (Å²) in [7, 11) is 0. The van der Waals surface area contributed by atoms with Crippen LogP contribution in [0.1, 0.15) is 18.1 Å². The van der Waals surface area contributed by atoms with Gasteiger partial charge in [-0.25, -0.2) is 0 Å². The number of ether oxygens (including phenoxy) is 2. The molecule has 2 aromatic carbocycles. The Labute approximate surface area is 133 Å². The smallest absolute Gasteiger partial charge is 0.489 e. The Morgan fingerprint density at radius 2 is 1.65 bits per heavy atom. The maximum absolute atomic E-state index is 12.4. The van der Waals surface area contributed by atoms with Gasteiger partial charge in [0.25, 0.3) is 0 Å². The van der Waals surface area contributed by atoms with E-state index in [0.717, 1.165) is 5.56 Å². The van der Waals surface area contributed by atoms with Crippen LogP contribution in [0, 0.1) is 0 Å². The molecule has 23 heavy (non-hydrogen) atoms. The molecule has 0 bridgehead atoms. The topological polar surface area (TPSA) is 30.5 Å². The molecule has 0 saturated heterocycles. The third-order valence-corrected chi connectivity index (χ3v) is 3.00. The number of alkyl halides is 3. The Hall–Kier alpha value is -2.21. The maximum atomic E-state index is 12.4. The summed E-state index contributed by atoms with van der Waals surface area (Å²) in [6.45, 7) is 3.34. The first-order chi connectivity index (χ1) is 11.0. The molecule has 2 aromatic rings. The van der Waals surface area contributed by atoms with Gasteiger partial charge in [0.15, 0.2) is 0 Å². The third kappa shape index (κ3) is 6.20. The van der Waals surface area contributed by atoms with Crippen molar-refractivity contribution in [3.05, 3.63) is 59.7 Å². The van der Waals surface area contributed by atoms with Gasteiger partial charge in [0.1, 0.15) is 18.1 Å². The number of benzene rings is 2. The molecule has 1 N–H and O–H groups in total. The maximum Gasteiger partial charge on any atom is 0.573 e. The molecule has 0 aliphatic carbocycles. The summed E-state index contributed by atoms with van der Waals surface area (Å²) >= 11 is 0. The normalized spacial score (nSPS) is 11.3. The van der Waals surface area contributed by atoms with Crippen LogP contribution >= 0.6 is 0 Å². The predicted molar refractivity (Wildman–Crippen MR) is 81.3 cm³/mol. The molecule has 124 valence electrons.